The molecule has 6 rings (SSSR count). The minimum atomic E-state index is -1.31. The third-order valence-electron chi connectivity index (χ3n) is 7.90. The first kappa shape index (κ1) is 21.2. The molecule has 2 aromatic rings. The van der Waals surface area contributed by atoms with Crippen molar-refractivity contribution in [1.82, 2.24) is 4.90 Å². The summed E-state index contributed by atoms with van der Waals surface area (Å²) in [7, 11) is 0. The van der Waals surface area contributed by atoms with Crippen LogP contribution in [0.2, 0.25) is 5.02 Å². The number of non-ortho nitro benzene ring substituents is 1. The van der Waals surface area contributed by atoms with Gasteiger partial charge in [-0.2, -0.15) is 0 Å². The summed E-state index contributed by atoms with van der Waals surface area (Å²) in [5.74, 6) is -2.71. The monoisotopic (exact) mass is 480 g/mol. The molecule has 9 nitrogen and oxygen atoms in total. The lowest BCUT2D eigenvalue weighted by Crippen LogP contribution is -2.54. The molecule has 4 atom stereocenters. The first-order valence-electron chi connectivity index (χ1n) is 11.2. The second-order valence-corrected chi connectivity index (χ2v) is 9.95. The van der Waals surface area contributed by atoms with Crippen molar-refractivity contribution in [3.8, 4) is 0 Å². The van der Waals surface area contributed by atoms with Crippen LogP contribution in [0.3, 0.4) is 0 Å². The van der Waals surface area contributed by atoms with Crippen molar-refractivity contribution in [3.63, 3.8) is 0 Å². The first-order valence-corrected chi connectivity index (χ1v) is 11.6. The summed E-state index contributed by atoms with van der Waals surface area (Å²) in [6.45, 7) is 4.09. The van der Waals surface area contributed by atoms with E-state index in [2.05, 4.69) is 5.32 Å². The molecule has 3 amide bonds. The number of hydrogen-bond acceptors (Lipinski definition) is 6. The zero-order chi connectivity index (χ0) is 24.1. The number of hydrogen-bond donors (Lipinski definition) is 1. The Morgan fingerprint density at radius 3 is 2.59 bits per heavy atom. The number of carbonyl (C=O) groups excluding carboxylic acids is 3. The van der Waals surface area contributed by atoms with Gasteiger partial charge < -0.3 is 5.32 Å². The maximum Gasteiger partial charge on any atom is 0.269 e. The average Bonchev–Trinajstić information content (AvgIpc) is 3.48. The van der Waals surface area contributed by atoms with Crippen molar-refractivity contribution < 1.29 is 19.3 Å². The molecule has 4 heterocycles. The number of aryl methyl sites for hydroxylation is 2. The molecule has 0 aliphatic carbocycles. The van der Waals surface area contributed by atoms with Crippen molar-refractivity contribution in [2.24, 2.45) is 11.8 Å². The van der Waals surface area contributed by atoms with E-state index in [1.807, 2.05) is 11.8 Å². The number of nitrogens with one attached hydrogen (secondary N) is 1. The van der Waals surface area contributed by atoms with Gasteiger partial charge in [-0.25, -0.2) is 4.90 Å². The van der Waals surface area contributed by atoms with Crippen molar-refractivity contribution in [3.05, 3.63) is 62.2 Å². The molecule has 34 heavy (non-hydrogen) atoms. The van der Waals surface area contributed by atoms with Crippen LogP contribution >= 0.6 is 11.6 Å². The van der Waals surface area contributed by atoms with Gasteiger partial charge >= 0.3 is 0 Å². The molecule has 0 radical (unpaired) electrons. The van der Waals surface area contributed by atoms with Crippen molar-refractivity contribution >= 4 is 46.4 Å². The van der Waals surface area contributed by atoms with Gasteiger partial charge in [0.15, 0.2) is 0 Å². The van der Waals surface area contributed by atoms with E-state index in [0.29, 0.717) is 40.5 Å². The van der Waals surface area contributed by atoms with Crippen LogP contribution in [0.4, 0.5) is 17.1 Å². The summed E-state index contributed by atoms with van der Waals surface area (Å²) in [6, 6.07) is 7.32. The van der Waals surface area contributed by atoms with Gasteiger partial charge in [-0.3, -0.25) is 29.4 Å². The number of amides is 3. The maximum atomic E-state index is 14.0. The fraction of sp³-hybridized carbons (Fsp3) is 0.375. The Hall–Kier alpha value is -3.30. The van der Waals surface area contributed by atoms with E-state index in [1.165, 1.54) is 18.2 Å². The summed E-state index contributed by atoms with van der Waals surface area (Å²) >= 11 is 6.40. The summed E-state index contributed by atoms with van der Waals surface area (Å²) < 4.78 is 0. The zero-order valence-electron chi connectivity index (χ0n) is 18.5. The van der Waals surface area contributed by atoms with E-state index in [4.69, 9.17) is 11.6 Å². The molecular weight excluding hydrogens is 460 g/mol. The molecule has 0 aromatic heterocycles. The minimum absolute atomic E-state index is 0.117. The summed E-state index contributed by atoms with van der Waals surface area (Å²) in [5.41, 5.74) is 1.42. The number of nitro groups is 1. The number of nitrogens with zero attached hydrogens (tertiary/aromatic N) is 3. The number of nitro benzene ring substituents is 1. The lowest BCUT2D eigenvalue weighted by molar-refractivity contribution is -0.384. The summed E-state index contributed by atoms with van der Waals surface area (Å²) in [4.78, 5) is 55.4. The van der Waals surface area contributed by atoms with E-state index in [1.54, 1.807) is 19.1 Å². The average molecular weight is 481 g/mol. The fourth-order valence-corrected chi connectivity index (χ4v) is 6.95. The molecule has 4 unspecified atom stereocenters. The van der Waals surface area contributed by atoms with E-state index >= 15 is 0 Å². The van der Waals surface area contributed by atoms with Gasteiger partial charge in [0.1, 0.15) is 5.54 Å². The minimum Gasteiger partial charge on any atom is -0.324 e. The molecule has 1 spiro atoms. The van der Waals surface area contributed by atoms with Gasteiger partial charge in [0.2, 0.25) is 17.7 Å². The molecule has 4 aliphatic heterocycles. The smallest absolute Gasteiger partial charge is 0.269 e. The predicted octanol–water partition coefficient (Wildman–Crippen LogP) is 3.30. The number of anilines is 2. The number of halogens is 1. The Bertz CT molecular complexity index is 1340. The van der Waals surface area contributed by atoms with Gasteiger partial charge in [-0.15, -0.1) is 0 Å². The SMILES string of the molecule is Cc1cc([N+](=O)[O-])ccc1N1C(=O)C2C3CCCN3C3(C(=O)Nc4c(C)cc(Cl)cc43)C2C1=O. The van der Waals surface area contributed by atoms with E-state index in [9.17, 15) is 24.5 Å². The lowest BCUT2D eigenvalue weighted by Gasteiger charge is -2.36. The van der Waals surface area contributed by atoms with E-state index in [-0.39, 0.29) is 23.5 Å². The first-order chi connectivity index (χ1) is 16.2. The van der Waals surface area contributed by atoms with Crippen molar-refractivity contribution in [2.75, 3.05) is 16.8 Å². The molecule has 2 aromatic carbocycles. The highest BCUT2D eigenvalue weighted by Gasteiger charge is 2.74. The number of benzene rings is 2. The summed E-state index contributed by atoms with van der Waals surface area (Å²) in [6.07, 6.45) is 1.52. The second kappa shape index (κ2) is 6.86. The van der Waals surface area contributed by atoms with Crippen LogP contribution in [0, 0.1) is 35.8 Å². The molecule has 0 bridgehead atoms. The standard InChI is InChI=1S/C24H21ClN4O5/c1-11-9-14(29(33)34)5-6-16(11)28-21(30)18-17-4-3-7-27(17)24(19(18)22(28)31)15-10-13(25)8-12(2)20(15)26-23(24)32/h5-6,8-10,17-19H,3-4,7H2,1-2H3,(H,26,32). The Morgan fingerprint density at radius 1 is 1.12 bits per heavy atom. The van der Waals surface area contributed by atoms with Crippen LogP contribution in [0.5, 0.6) is 0 Å². The molecule has 3 fully saturated rings. The largest absolute Gasteiger partial charge is 0.324 e. The topological polar surface area (TPSA) is 113 Å². The second-order valence-electron chi connectivity index (χ2n) is 9.51. The molecule has 10 heteroatoms. The Morgan fingerprint density at radius 2 is 1.88 bits per heavy atom. The van der Waals surface area contributed by atoms with Crippen LogP contribution in [-0.2, 0) is 19.9 Å². The number of imide groups is 1. The Balaban J connectivity index is 1.54. The van der Waals surface area contributed by atoms with E-state index < -0.39 is 28.2 Å². The third kappa shape index (κ3) is 2.40. The van der Waals surface area contributed by atoms with Crippen LogP contribution in [0.1, 0.15) is 29.5 Å². The molecule has 4 aliphatic rings. The van der Waals surface area contributed by atoms with Crippen molar-refractivity contribution in [2.45, 2.75) is 38.3 Å². The van der Waals surface area contributed by atoms with Gasteiger partial charge in [0.05, 0.1) is 22.4 Å². The normalized spacial score (nSPS) is 29.6. The number of fused-ring (bicyclic) bond motifs is 7. The lowest BCUT2D eigenvalue weighted by atomic mass is 9.75. The van der Waals surface area contributed by atoms with Gasteiger partial charge in [0.25, 0.3) is 5.69 Å². The van der Waals surface area contributed by atoms with Crippen LogP contribution in [-0.4, -0.2) is 40.1 Å². The van der Waals surface area contributed by atoms with Crippen LogP contribution < -0.4 is 10.2 Å². The number of carbonyl (C=O) groups is 3. The predicted molar refractivity (Wildman–Crippen MR) is 124 cm³/mol. The fourth-order valence-electron chi connectivity index (χ4n) is 6.68. The van der Waals surface area contributed by atoms with E-state index in [0.717, 1.165) is 16.9 Å². The quantitative estimate of drug-likeness (QED) is 0.401. The van der Waals surface area contributed by atoms with Gasteiger partial charge in [0, 0.05) is 34.4 Å². The molecule has 174 valence electrons. The third-order valence-corrected chi connectivity index (χ3v) is 8.11. The van der Waals surface area contributed by atoms with Gasteiger partial charge in [-0.1, -0.05) is 11.6 Å². The maximum absolute atomic E-state index is 14.0. The molecular formula is C24H21ClN4O5. The molecule has 0 saturated carbocycles. The number of rotatable bonds is 2. The van der Waals surface area contributed by atoms with Gasteiger partial charge in [-0.05, 0) is 62.6 Å². The van der Waals surface area contributed by atoms with Crippen LogP contribution in [0.15, 0.2) is 30.3 Å². The molecule has 1 N–H and O–H groups in total. The molecule has 3 saturated heterocycles. The highest BCUT2D eigenvalue weighted by molar-refractivity contribution is 6.31. The zero-order valence-corrected chi connectivity index (χ0v) is 19.3. The van der Waals surface area contributed by atoms with Crippen LogP contribution in [0.25, 0.3) is 0 Å². The Labute approximate surface area is 199 Å². The Kier molecular flexibility index (Phi) is 4.29. The summed E-state index contributed by atoms with van der Waals surface area (Å²) in [5, 5.41) is 14.6. The highest BCUT2D eigenvalue weighted by atomic mass is 35.5. The van der Waals surface area contributed by atoms with Crippen molar-refractivity contribution in [1.29, 1.82) is 0 Å². The highest BCUT2D eigenvalue weighted by Crippen LogP contribution is 2.61.